The summed E-state index contributed by atoms with van der Waals surface area (Å²) in [5.41, 5.74) is 1.40. The van der Waals surface area contributed by atoms with E-state index in [1.807, 2.05) is 30.1 Å². The molecule has 0 bridgehead atoms. The molecule has 84 valence electrons. The molecule has 2 nitrogen and oxygen atoms in total. The molecule has 15 heavy (non-hydrogen) atoms. The number of hydrogen-bond donors (Lipinski definition) is 1. The summed E-state index contributed by atoms with van der Waals surface area (Å²) >= 11 is 3.80. The van der Waals surface area contributed by atoms with Gasteiger partial charge in [0.15, 0.2) is 0 Å². The van der Waals surface area contributed by atoms with Crippen LogP contribution in [0.2, 0.25) is 0 Å². The Labute approximate surface area is 99.4 Å². The molecule has 1 aromatic heterocycles. The Morgan fingerprint density at radius 2 is 2.47 bits per heavy atom. The van der Waals surface area contributed by atoms with Gasteiger partial charge in [-0.15, -0.1) is 11.3 Å². The summed E-state index contributed by atoms with van der Waals surface area (Å²) in [4.78, 5) is 1.40. The molecule has 1 fully saturated rings. The van der Waals surface area contributed by atoms with Crippen LogP contribution in [0.1, 0.15) is 16.5 Å². The summed E-state index contributed by atoms with van der Waals surface area (Å²) in [7, 11) is 2.02. The van der Waals surface area contributed by atoms with Crippen molar-refractivity contribution in [1.29, 1.82) is 0 Å². The average Bonchev–Trinajstić information content (AvgIpc) is 2.68. The molecule has 0 aliphatic carbocycles. The molecule has 2 rings (SSSR count). The number of nitrogens with one attached hydrogen (secondary N) is 1. The Bertz CT molecular complexity index is 307. The van der Waals surface area contributed by atoms with Crippen molar-refractivity contribution in [3.05, 3.63) is 21.9 Å². The van der Waals surface area contributed by atoms with Gasteiger partial charge < -0.3 is 10.1 Å². The molecule has 0 spiro atoms. The molecular weight excluding hydrogens is 226 g/mol. The predicted octanol–water partition coefficient (Wildman–Crippen LogP) is 2.45. The van der Waals surface area contributed by atoms with Crippen molar-refractivity contribution in [3.63, 3.8) is 0 Å². The van der Waals surface area contributed by atoms with Crippen molar-refractivity contribution in [2.24, 2.45) is 0 Å². The van der Waals surface area contributed by atoms with Gasteiger partial charge in [-0.1, -0.05) is 0 Å². The maximum absolute atomic E-state index is 5.83. The first-order chi connectivity index (χ1) is 7.33. The maximum Gasteiger partial charge on any atom is 0.0860 e. The zero-order valence-electron chi connectivity index (χ0n) is 9.16. The Hall–Kier alpha value is -0.0300. The van der Waals surface area contributed by atoms with Crippen molar-refractivity contribution in [2.75, 3.05) is 25.2 Å². The Morgan fingerprint density at radius 1 is 1.60 bits per heavy atom. The van der Waals surface area contributed by atoms with Crippen LogP contribution in [0.25, 0.3) is 0 Å². The van der Waals surface area contributed by atoms with E-state index in [1.165, 1.54) is 10.4 Å². The third kappa shape index (κ3) is 2.56. The Kier molecular flexibility index (Phi) is 4.08. The summed E-state index contributed by atoms with van der Waals surface area (Å²) in [6.07, 6.45) is 0.321. The number of rotatable bonds is 3. The highest BCUT2D eigenvalue weighted by Crippen LogP contribution is 2.29. The first-order valence-corrected chi connectivity index (χ1v) is 7.27. The highest BCUT2D eigenvalue weighted by molar-refractivity contribution is 7.99. The molecule has 1 aromatic rings. The summed E-state index contributed by atoms with van der Waals surface area (Å²) in [6, 6.07) is 2.56. The van der Waals surface area contributed by atoms with Crippen LogP contribution in [-0.4, -0.2) is 31.3 Å². The van der Waals surface area contributed by atoms with E-state index >= 15 is 0 Å². The average molecular weight is 243 g/mol. The first kappa shape index (κ1) is 11.5. The van der Waals surface area contributed by atoms with Crippen LogP contribution in [0.5, 0.6) is 0 Å². The zero-order valence-corrected chi connectivity index (χ0v) is 10.8. The lowest BCUT2D eigenvalue weighted by atomic mass is 10.0. The van der Waals surface area contributed by atoms with Crippen LogP contribution in [0.15, 0.2) is 11.4 Å². The van der Waals surface area contributed by atoms with Crippen LogP contribution < -0.4 is 5.32 Å². The fraction of sp³-hybridized carbons (Fsp3) is 0.636. The van der Waals surface area contributed by atoms with E-state index in [1.54, 1.807) is 0 Å². The van der Waals surface area contributed by atoms with Crippen molar-refractivity contribution < 1.29 is 4.74 Å². The molecule has 2 atom stereocenters. The van der Waals surface area contributed by atoms with Gasteiger partial charge >= 0.3 is 0 Å². The normalized spacial score (nSPS) is 24.0. The third-order valence-corrected chi connectivity index (χ3v) is 4.64. The first-order valence-electron chi connectivity index (χ1n) is 5.23. The number of hydrogen-bond acceptors (Lipinski definition) is 4. The highest BCUT2D eigenvalue weighted by Gasteiger charge is 2.26. The van der Waals surface area contributed by atoms with Gasteiger partial charge in [0.25, 0.3) is 0 Å². The number of aryl methyl sites for hydroxylation is 1. The monoisotopic (exact) mass is 243 g/mol. The van der Waals surface area contributed by atoms with Gasteiger partial charge in [-0.05, 0) is 31.0 Å². The lowest BCUT2D eigenvalue weighted by Crippen LogP contribution is -2.36. The predicted molar refractivity (Wildman–Crippen MR) is 67.9 cm³/mol. The van der Waals surface area contributed by atoms with Gasteiger partial charge in [-0.25, -0.2) is 0 Å². The number of thiophene rings is 1. The van der Waals surface area contributed by atoms with Crippen LogP contribution in [0.3, 0.4) is 0 Å². The second-order valence-corrected chi connectivity index (χ2v) is 5.95. The van der Waals surface area contributed by atoms with E-state index in [9.17, 15) is 0 Å². The van der Waals surface area contributed by atoms with Gasteiger partial charge in [-0.2, -0.15) is 11.8 Å². The second kappa shape index (κ2) is 5.34. The van der Waals surface area contributed by atoms with E-state index in [0.29, 0.717) is 12.1 Å². The van der Waals surface area contributed by atoms with Crippen molar-refractivity contribution in [1.82, 2.24) is 5.32 Å². The topological polar surface area (TPSA) is 21.3 Å². The molecule has 0 saturated carbocycles. The molecule has 0 radical (unpaired) electrons. The van der Waals surface area contributed by atoms with E-state index < -0.39 is 0 Å². The van der Waals surface area contributed by atoms with Crippen LogP contribution in [0, 0.1) is 6.92 Å². The van der Waals surface area contributed by atoms with Crippen molar-refractivity contribution in [2.45, 2.75) is 19.1 Å². The molecule has 4 heteroatoms. The summed E-state index contributed by atoms with van der Waals surface area (Å²) in [6.45, 7) is 3.07. The van der Waals surface area contributed by atoms with E-state index in [4.69, 9.17) is 4.74 Å². The van der Waals surface area contributed by atoms with Gasteiger partial charge in [0, 0.05) is 16.4 Å². The number of likely N-dealkylation sites (N-methyl/N-ethyl adjacent to an activating group) is 1. The molecular formula is C11H17NOS2. The fourth-order valence-electron chi connectivity index (χ4n) is 1.96. The molecule has 2 heterocycles. The molecule has 1 aliphatic rings. The minimum Gasteiger partial charge on any atom is -0.375 e. The molecule has 0 amide bonds. The van der Waals surface area contributed by atoms with Gasteiger partial charge in [0.1, 0.15) is 0 Å². The van der Waals surface area contributed by atoms with E-state index in [-0.39, 0.29) is 0 Å². The lowest BCUT2D eigenvalue weighted by molar-refractivity contribution is 0.0488. The molecule has 1 saturated heterocycles. The van der Waals surface area contributed by atoms with Gasteiger partial charge in [0.2, 0.25) is 0 Å². The second-order valence-electron chi connectivity index (χ2n) is 3.68. The summed E-state index contributed by atoms with van der Waals surface area (Å²) < 4.78 is 5.83. The summed E-state index contributed by atoms with van der Waals surface area (Å²) in [5, 5.41) is 5.54. The van der Waals surface area contributed by atoms with Crippen LogP contribution in [0.4, 0.5) is 0 Å². The van der Waals surface area contributed by atoms with Crippen LogP contribution >= 0.6 is 23.1 Å². The van der Waals surface area contributed by atoms with Gasteiger partial charge in [0.05, 0.1) is 18.8 Å². The Morgan fingerprint density at radius 3 is 3.00 bits per heavy atom. The maximum atomic E-state index is 5.83. The molecule has 2 unspecified atom stereocenters. The molecule has 1 N–H and O–H groups in total. The van der Waals surface area contributed by atoms with Gasteiger partial charge in [-0.3, -0.25) is 0 Å². The largest absolute Gasteiger partial charge is 0.375 e. The van der Waals surface area contributed by atoms with Crippen LogP contribution in [-0.2, 0) is 4.74 Å². The van der Waals surface area contributed by atoms with Crippen molar-refractivity contribution in [3.8, 4) is 0 Å². The minimum absolute atomic E-state index is 0.321. The Balaban J connectivity index is 2.12. The molecule has 1 aliphatic heterocycles. The lowest BCUT2D eigenvalue weighted by Gasteiger charge is -2.30. The quantitative estimate of drug-likeness (QED) is 0.881. The zero-order chi connectivity index (χ0) is 10.7. The fourth-order valence-corrected chi connectivity index (χ4v) is 3.61. The smallest absolute Gasteiger partial charge is 0.0860 e. The minimum atomic E-state index is 0.321. The standard InChI is InChI=1S/C11H17NOS2/c1-8-9(3-5-15-8)11(12-2)10-7-14-6-4-13-10/h3,5,10-12H,4,6-7H2,1-2H3. The SMILES string of the molecule is CNC(c1ccsc1C)C1CSCCO1. The number of thioether (sulfide) groups is 1. The summed E-state index contributed by atoms with van der Waals surface area (Å²) in [5.74, 6) is 2.23. The molecule has 0 aromatic carbocycles. The van der Waals surface area contributed by atoms with Crippen molar-refractivity contribution >= 4 is 23.1 Å². The van der Waals surface area contributed by atoms with E-state index in [2.05, 4.69) is 23.7 Å². The highest BCUT2D eigenvalue weighted by atomic mass is 32.2. The number of ether oxygens (including phenoxy) is 1. The van der Waals surface area contributed by atoms with E-state index in [0.717, 1.165) is 18.1 Å². The third-order valence-electron chi connectivity index (χ3n) is 2.76.